The molecule has 0 radical (unpaired) electrons. The smallest absolute Gasteiger partial charge is 0.351 e. The van der Waals surface area contributed by atoms with E-state index < -0.39 is 82.2 Å². The molecule has 1 N–H and O–H groups in total. The standard InChI is InChI=1S/C33H38F2O8/c1-6-28(39)43-33(29(40)42-17-26(37)19-7-9-21(41-5)10-8-19)18(2)13-22-23-15-25(34)24-14-20(36)11-12-30(24,3)32(23,35)27(38)16-31(22,33)4/h7-12,14,18,22-23,25,27,38H,6,13,15-17H2,1-5H3/t18-,22+,23+,25+,27+,30+,31+,32+,33+/m1/s1. The summed E-state index contributed by atoms with van der Waals surface area (Å²) in [7, 11) is 1.49. The molecule has 4 aliphatic rings. The first-order chi connectivity index (χ1) is 20.2. The lowest BCUT2D eigenvalue weighted by atomic mass is 9.44. The van der Waals surface area contributed by atoms with E-state index in [9.17, 15) is 24.3 Å². The zero-order valence-electron chi connectivity index (χ0n) is 25.0. The van der Waals surface area contributed by atoms with Crippen LogP contribution in [0.1, 0.15) is 63.7 Å². The molecule has 0 bridgehead atoms. The molecule has 43 heavy (non-hydrogen) atoms. The number of alkyl halides is 2. The summed E-state index contributed by atoms with van der Waals surface area (Å²) in [6.07, 6.45) is -0.187. The van der Waals surface area contributed by atoms with E-state index in [0.29, 0.717) is 5.75 Å². The molecule has 232 valence electrons. The quantitative estimate of drug-likeness (QED) is 0.355. The highest BCUT2D eigenvalue weighted by atomic mass is 19.1. The fraction of sp³-hybridized carbons (Fsp3) is 0.576. The van der Waals surface area contributed by atoms with Gasteiger partial charge in [0.15, 0.2) is 23.8 Å². The number of esters is 2. The van der Waals surface area contributed by atoms with Gasteiger partial charge in [0.2, 0.25) is 5.60 Å². The number of ether oxygens (including phenoxy) is 3. The van der Waals surface area contributed by atoms with Gasteiger partial charge >= 0.3 is 11.9 Å². The molecular weight excluding hydrogens is 562 g/mol. The van der Waals surface area contributed by atoms with Crippen molar-refractivity contribution in [3.05, 3.63) is 53.6 Å². The summed E-state index contributed by atoms with van der Waals surface area (Å²) in [5.74, 6) is -4.54. The summed E-state index contributed by atoms with van der Waals surface area (Å²) in [5.41, 5.74) is -7.00. The minimum Gasteiger partial charge on any atom is -0.497 e. The van der Waals surface area contributed by atoms with E-state index >= 15 is 8.78 Å². The van der Waals surface area contributed by atoms with Crippen LogP contribution in [0.25, 0.3) is 0 Å². The Bertz CT molecular complexity index is 1400. The Balaban J connectivity index is 1.52. The van der Waals surface area contributed by atoms with Gasteiger partial charge in [0.05, 0.1) is 13.2 Å². The van der Waals surface area contributed by atoms with E-state index in [1.807, 2.05) is 0 Å². The van der Waals surface area contributed by atoms with Gasteiger partial charge in [-0.1, -0.05) is 26.8 Å². The van der Waals surface area contributed by atoms with Crippen LogP contribution < -0.4 is 4.74 Å². The number of rotatable bonds is 7. The number of hydrogen-bond donors (Lipinski definition) is 1. The van der Waals surface area contributed by atoms with Gasteiger partial charge in [0.25, 0.3) is 0 Å². The molecule has 1 aromatic rings. The van der Waals surface area contributed by atoms with Gasteiger partial charge in [-0.2, -0.15) is 0 Å². The molecule has 5 rings (SSSR count). The van der Waals surface area contributed by atoms with Crippen LogP contribution in [0.3, 0.4) is 0 Å². The summed E-state index contributed by atoms with van der Waals surface area (Å²) in [4.78, 5) is 52.0. The minimum absolute atomic E-state index is 0.00687. The largest absolute Gasteiger partial charge is 0.497 e. The van der Waals surface area contributed by atoms with Gasteiger partial charge in [0.1, 0.15) is 11.9 Å². The van der Waals surface area contributed by atoms with Crippen molar-refractivity contribution in [2.24, 2.45) is 28.6 Å². The molecule has 10 heteroatoms. The number of hydrogen-bond acceptors (Lipinski definition) is 8. The molecule has 0 saturated heterocycles. The van der Waals surface area contributed by atoms with Gasteiger partial charge in [-0.05, 0) is 74.1 Å². The maximum Gasteiger partial charge on any atom is 0.351 e. The molecule has 0 heterocycles. The summed E-state index contributed by atoms with van der Waals surface area (Å²) in [6.45, 7) is 5.76. The third-order valence-electron chi connectivity index (χ3n) is 10.8. The van der Waals surface area contributed by atoms with Crippen molar-refractivity contribution in [2.75, 3.05) is 13.7 Å². The number of halogens is 2. The predicted octanol–water partition coefficient (Wildman–Crippen LogP) is 4.68. The Morgan fingerprint density at radius 2 is 1.77 bits per heavy atom. The minimum atomic E-state index is -2.36. The van der Waals surface area contributed by atoms with Gasteiger partial charge in [-0.15, -0.1) is 0 Å². The number of carbonyl (C=O) groups excluding carboxylic acids is 4. The third-order valence-corrected chi connectivity index (χ3v) is 10.8. The maximum atomic E-state index is 17.5. The van der Waals surface area contributed by atoms with Crippen LogP contribution in [-0.2, 0) is 23.9 Å². The predicted molar refractivity (Wildman–Crippen MR) is 151 cm³/mol. The lowest BCUT2D eigenvalue weighted by Gasteiger charge is -2.63. The summed E-state index contributed by atoms with van der Waals surface area (Å²) < 4.78 is 50.0. The summed E-state index contributed by atoms with van der Waals surface area (Å²) >= 11 is 0. The Labute approximate surface area is 249 Å². The van der Waals surface area contributed by atoms with Gasteiger partial charge < -0.3 is 19.3 Å². The molecule has 3 saturated carbocycles. The number of carbonyl (C=O) groups is 4. The van der Waals surface area contributed by atoms with E-state index in [1.54, 1.807) is 32.9 Å². The van der Waals surface area contributed by atoms with E-state index in [2.05, 4.69) is 0 Å². The van der Waals surface area contributed by atoms with Crippen molar-refractivity contribution in [1.82, 2.24) is 0 Å². The second-order valence-corrected chi connectivity index (χ2v) is 12.8. The Morgan fingerprint density at radius 3 is 2.40 bits per heavy atom. The zero-order valence-corrected chi connectivity index (χ0v) is 25.0. The molecule has 0 aliphatic heterocycles. The molecule has 1 aromatic carbocycles. The van der Waals surface area contributed by atoms with Gasteiger partial charge in [-0.25, -0.2) is 13.6 Å². The van der Waals surface area contributed by atoms with Gasteiger partial charge in [-0.3, -0.25) is 14.4 Å². The normalized spacial score (nSPS) is 39.6. The SMILES string of the molecule is CCC(=O)O[C@]1(C(=O)OCC(=O)c2ccc(OC)cc2)[C@H](C)C[C@H]2[C@@H]3C[C@H](F)C4=CC(=O)C=C[C@]4(C)[C@@]3(F)[C@@H](O)C[C@@]21C. The number of allylic oxidation sites excluding steroid dienone is 4. The zero-order chi connectivity index (χ0) is 31.5. The monoisotopic (exact) mass is 600 g/mol. The average molecular weight is 601 g/mol. The van der Waals surface area contributed by atoms with Crippen molar-refractivity contribution < 1.29 is 47.3 Å². The lowest BCUT2D eigenvalue weighted by Crippen LogP contribution is -2.71. The number of aliphatic hydroxyl groups excluding tert-OH is 1. The molecule has 0 amide bonds. The molecule has 8 nitrogen and oxygen atoms in total. The number of aliphatic hydroxyl groups is 1. The van der Waals surface area contributed by atoms with Crippen molar-refractivity contribution in [2.45, 2.75) is 76.9 Å². The first-order valence-corrected chi connectivity index (χ1v) is 14.7. The van der Waals surface area contributed by atoms with Crippen LogP contribution >= 0.6 is 0 Å². The third kappa shape index (κ3) is 4.30. The fourth-order valence-electron chi connectivity index (χ4n) is 8.57. The highest BCUT2D eigenvalue weighted by Gasteiger charge is 2.78. The van der Waals surface area contributed by atoms with E-state index in [0.717, 1.165) is 6.08 Å². The molecule has 0 unspecified atom stereocenters. The molecule has 0 aromatic heterocycles. The number of Topliss-reactive ketones (excluding diaryl/α,β-unsaturated/α-hetero) is 1. The van der Waals surface area contributed by atoms with Crippen molar-refractivity contribution in [1.29, 1.82) is 0 Å². The average Bonchev–Trinajstić information content (AvgIpc) is 3.20. The molecule has 3 fully saturated rings. The molecule has 9 atom stereocenters. The highest BCUT2D eigenvalue weighted by molar-refractivity contribution is 6.01. The van der Waals surface area contributed by atoms with Crippen LogP contribution in [-0.4, -0.2) is 65.9 Å². The number of methoxy groups -OCH3 is 1. The number of fused-ring (bicyclic) bond motifs is 5. The van der Waals surface area contributed by atoms with Gasteiger partial charge in [0, 0.05) is 34.7 Å². The number of benzene rings is 1. The van der Waals surface area contributed by atoms with Crippen molar-refractivity contribution in [3.8, 4) is 5.75 Å². The first-order valence-electron chi connectivity index (χ1n) is 14.7. The topological polar surface area (TPSA) is 116 Å². The highest BCUT2D eigenvalue weighted by Crippen LogP contribution is 2.71. The Kier molecular flexibility index (Phi) is 7.68. The van der Waals surface area contributed by atoms with Crippen molar-refractivity contribution in [3.63, 3.8) is 0 Å². The number of ketones is 2. The second-order valence-electron chi connectivity index (χ2n) is 12.8. The summed E-state index contributed by atoms with van der Waals surface area (Å²) in [5, 5.41) is 11.6. The van der Waals surface area contributed by atoms with E-state index in [4.69, 9.17) is 14.2 Å². The van der Waals surface area contributed by atoms with Crippen LogP contribution in [0.5, 0.6) is 5.75 Å². The fourth-order valence-corrected chi connectivity index (χ4v) is 8.57. The second kappa shape index (κ2) is 10.6. The van der Waals surface area contributed by atoms with Crippen molar-refractivity contribution >= 4 is 23.5 Å². The van der Waals surface area contributed by atoms with Crippen LogP contribution in [0.15, 0.2) is 48.1 Å². The van der Waals surface area contributed by atoms with Crippen LogP contribution in [0.4, 0.5) is 8.78 Å². The Morgan fingerprint density at radius 1 is 1.09 bits per heavy atom. The first kappa shape index (κ1) is 31.0. The van der Waals surface area contributed by atoms with E-state index in [-0.39, 0.29) is 36.8 Å². The van der Waals surface area contributed by atoms with E-state index in [1.165, 1.54) is 38.3 Å². The lowest BCUT2D eigenvalue weighted by molar-refractivity contribution is -0.238. The molecular formula is C33H38F2O8. The summed E-state index contributed by atoms with van der Waals surface area (Å²) in [6, 6.07) is 6.25. The van der Waals surface area contributed by atoms with Crippen LogP contribution in [0.2, 0.25) is 0 Å². The maximum absolute atomic E-state index is 17.5. The molecule has 0 spiro atoms. The molecule has 4 aliphatic carbocycles. The Hall–Kier alpha value is -3.40. The van der Waals surface area contributed by atoms with Crippen LogP contribution in [0, 0.1) is 28.6 Å².